The standard InChI is InChI=1S/C21H24O5/c1-5-16(19(22)26-21(2,3)4)13-17-11-12-18(25-17)20(23)24-14-15-9-7-6-8-10-15/h6-13H,5,14H2,1-4H3. The largest absolute Gasteiger partial charge is 0.457 e. The van der Waals surface area contributed by atoms with Gasteiger partial charge in [0.1, 0.15) is 18.0 Å². The summed E-state index contributed by atoms with van der Waals surface area (Å²) in [6.45, 7) is 7.46. The van der Waals surface area contributed by atoms with Crippen molar-refractivity contribution < 1.29 is 23.5 Å². The molecule has 5 nitrogen and oxygen atoms in total. The molecule has 0 amide bonds. The molecule has 0 spiro atoms. The molecule has 138 valence electrons. The Bertz CT molecular complexity index is 778. The van der Waals surface area contributed by atoms with Crippen molar-refractivity contribution in [1.29, 1.82) is 0 Å². The molecule has 0 fully saturated rings. The van der Waals surface area contributed by atoms with Crippen LogP contribution in [0.15, 0.2) is 52.5 Å². The van der Waals surface area contributed by atoms with Crippen molar-refractivity contribution in [3.63, 3.8) is 0 Å². The van der Waals surface area contributed by atoms with Gasteiger partial charge in [0.05, 0.1) is 0 Å². The van der Waals surface area contributed by atoms with Crippen LogP contribution in [0.1, 0.15) is 56.0 Å². The van der Waals surface area contributed by atoms with Crippen molar-refractivity contribution in [1.82, 2.24) is 0 Å². The van der Waals surface area contributed by atoms with Crippen LogP contribution in [0.5, 0.6) is 0 Å². The average molecular weight is 356 g/mol. The number of rotatable bonds is 6. The predicted molar refractivity (Wildman–Crippen MR) is 98.4 cm³/mol. The molecule has 0 atom stereocenters. The Hall–Kier alpha value is -2.82. The number of benzene rings is 1. The van der Waals surface area contributed by atoms with Crippen LogP contribution in [0.25, 0.3) is 6.08 Å². The number of hydrogen-bond acceptors (Lipinski definition) is 5. The lowest BCUT2D eigenvalue weighted by Crippen LogP contribution is -2.24. The summed E-state index contributed by atoms with van der Waals surface area (Å²) in [4.78, 5) is 24.3. The molecule has 0 N–H and O–H groups in total. The average Bonchev–Trinajstić information content (AvgIpc) is 3.05. The SMILES string of the molecule is CCC(=Cc1ccc(C(=O)OCc2ccccc2)o1)C(=O)OC(C)(C)C. The van der Waals surface area contributed by atoms with E-state index in [-0.39, 0.29) is 12.4 Å². The van der Waals surface area contributed by atoms with E-state index >= 15 is 0 Å². The first-order valence-corrected chi connectivity index (χ1v) is 8.53. The van der Waals surface area contributed by atoms with E-state index in [1.165, 1.54) is 6.07 Å². The van der Waals surface area contributed by atoms with E-state index < -0.39 is 17.5 Å². The molecule has 2 rings (SSSR count). The van der Waals surface area contributed by atoms with Crippen LogP contribution in [0.2, 0.25) is 0 Å². The number of carbonyl (C=O) groups is 2. The van der Waals surface area contributed by atoms with E-state index in [0.29, 0.717) is 17.8 Å². The summed E-state index contributed by atoms with van der Waals surface area (Å²) in [5.41, 5.74) is 0.796. The molecule has 26 heavy (non-hydrogen) atoms. The predicted octanol–water partition coefficient (Wildman–Crippen LogP) is 4.77. The van der Waals surface area contributed by atoms with Crippen LogP contribution in [-0.2, 0) is 20.9 Å². The summed E-state index contributed by atoms with van der Waals surface area (Å²) < 4.78 is 16.1. The van der Waals surface area contributed by atoms with Gasteiger partial charge in [-0.25, -0.2) is 9.59 Å². The molecule has 0 saturated heterocycles. The molecule has 1 aromatic heterocycles. The zero-order chi connectivity index (χ0) is 19.2. The molecule has 0 saturated carbocycles. The second-order valence-corrected chi connectivity index (χ2v) is 6.79. The summed E-state index contributed by atoms with van der Waals surface area (Å²) in [5, 5.41) is 0. The number of esters is 2. The third kappa shape index (κ3) is 5.92. The smallest absolute Gasteiger partial charge is 0.374 e. The van der Waals surface area contributed by atoms with E-state index in [9.17, 15) is 9.59 Å². The second kappa shape index (κ2) is 8.52. The zero-order valence-corrected chi connectivity index (χ0v) is 15.6. The first-order valence-electron chi connectivity index (χ1n) is 8.53. The van der Waals surface area contributed by atoms with Crippen molar-refractivity contribution >= 4 is 18.0 Å². The Morgan fingerprint density at radius 2 is 1.77 bits per heavy atom. The molecule has 1 aromatic carbocycles. The maximum atomic E-state index is 12.2. The lowest BCUT2D eigenvalue weighted by Gasteiger charge is -2.20. The Morgan fingerprint density at radius 1 is 1.08 bits per heavy atom. The van der Waals surface area contributed by atoms with Gasteiger partial charge >= 0.3 is 11.9 Å². The third-order valence-electron chi connectivity index (χ3n) is 3.40. The Labute approximate surface area is 153 Å². The van der Waals surface area contributed by atoms with Gasteiger partial charge < -0.3 is 13.9 Å². The highest BCUT2D eigenvalue weighted by molar-refractivity contribution is 5.93. The van der Waals surface area contributed by atoms with Gasteiger partial charge in [-0.3, -0.25) is 0 Å². The van der Waals surface area contributed by atoms with Gasteiger partial charge in [0.25, 0.3) is 0 Å². The first-order chi connectivity index (χ1) is 12.3. The van der Waals surface area contributed by atoms with Gasteiger partial charge in [-0.15, -0.1) is 0 Å². The molecule has 1 heterocycles. The van der Waals surface area contributed by atoms with Gasteiger partial charge in [0, 0.05) is 5.57 Å². The zero-order valence-electron chi connectivity index (χ0n) is 15.6. The van der Waals surface area contributed by atoms with Crippen molar-refractivity contribution in [2.75, 3.05) is 0 Å². The van der Waals surface area contributed by atoms with Gasteiger partial charge in [0.15, 0.2) is 0 Å². The first kappa shape index (κ1) is 19.5. The van der Waals surface area contributed by atoms with E-state index in [0.717, 1.165) is 5.56 Å². The van der Waals surface area contributed by atoms with Gasteiger partial charge in [-0.05, 0) is 51.0 Å². The molecule has 0 unspecified atom stereocenters. The molecule has 0 aliphatic carbocycles. The third-order valence-corrected chi connectivity index (χ3v) is 3.40. The van der Waals surface area contributed by atoms with Crippen molar-refractivity contribution in [2.45, 2.75) is 46.3 Å². The lowest BCUT2D eigenvalue weighted by atomic mass is 10.1. The monoisotopic (exact) mass is 356 g/mol. The minimum absolute atomic E-state index is 0.0897. The highest BCUT2D eigenvalue weighted by atomic mass is 16.6. The minimum atomic E-state index is -0.569. The van der Waals surface area contributed by atoms with Crippen LogP contribution in [0.3, 0.4) is 0 Å². The van der Waals surface area contributed by atoms with Crippen molar-refractivity contribution in [3.05, 3.63) is 65.1 Å². The fourth-order valence-electron chi connectivity index (χ4n) is 2.16. The molecule has 0 radical (unpaired) electrons. The lowest BCUT2D eigenvalue weighted by molar-refractivity contribution is -0.149. The van der Waals surface area contributed by atoms with E-state index in [1.54, 1.807) is 12.1 Å². The Kier molecular flexibility index (Phi) is 6.39. The molecular formula is C21H24O5. The molecule has 0 aliphatic heterocycles. The van der Waals surface area contributed by atoms with Crippen molar-refractivity contribution in [2.24, 2.45) is 0 Å². The van der Waals surface area contributed by atoms with Crippen LogP contribution >= 0.6 is 0 Å². The van der Waals surface area contributed by atoms with E-state index in [4.69, 9.17) is 13.9 Å². The highest BCUT2D eigenvalue weighted by Crippen LogP contribution is 2.18. The number of ether oxygens (including phenoxy) is 2. The van der Waals surface area contributed by atoms with E-state index in [2.05, 4.69) is 0 Å². The minimum Gasteiger partial charge on any atom is -0.457 e. The molecule has 0 aliphatic rings. The van der Waals surface area contributed by atoms with Gasteiger partial charge in [-0.1, -0.05) is 37.3 Å². The number of carbonyl (C=O) groups excluding carboxylic acids is 2. The van der Waals surface area contributed by atoms with Crippen LogP contribution < -0.4 is 0 Å². The second-order valence-electron chi connectivity index (χ2n) is 6.79. The summed E-state index contributed by atoms with van der Waals surface area (Å²) in [5.74, 6) is -0.459. The Morgan fingerprint density at radius 3 is 2.38 bits per heavy atom. The van der Waals surface area contributed by atoms with E-state index in [1.807, 2.05) is 58.0 Å². The fraction of sp³-hybridized carbons (Fsp3) is 0.333. The van der Waals surface area contributed by atoms with Crippen LogP contribution in [0.4, 0.5) is 0 Å². The maximum Gasteiger partial charge on any atom is 0.374 e. The molecule has 2 aromatic rings. The summed E-state index contributed by atoms with van der Waals surface area (Å²) in [6, 6.07) is 12.5. The van der Waals surface area contributed by atoms with Gasteiger partial charge in [0.2, 0.25) is 5.76 Å². The van der Waals surface area contributed by atoms with Crippen LogP contribution in [0, 0.1) is 0 Å². The summed E-state index contributed by atoms with van der Waals surface area (Å²) >= 11 is 0. The topological polar surface area (TPSA) is 65.7 Å². The summed E-state index contributed by atoms with van der Waals surface area (Å²) in [7, 11) is 0. The molecule has 5 heteroatoms. The normalized spacial score (nSPS) is 11.9. The molecular weight excluding hydrogens is 332 g/mol. The molecule has 0 bridgehead atoms. The van der Waals surface area contributed by atoms with Crippen molar-refractivity contribution in [3.8, 4) is 0 Å². The summed E-state index contributed by atoms with van der Waals surface area (Å²) in [6.07, 6.45) is 2.07. The van der Waals surface area contributed by atoms with Crippen LogP contribution in [-0.4, -0.2) is 17.5 Å². The quantitative estimate of drug-likeness (QED) is 0.551. The van der Waals surface area contributed by atoms with Gasteiger partial charge in [-0.2, -0.15) is 0 Å². The highest BCUT2D eigenvalue weighted by Gasteiger charge is 2.20. The fourth-order valence-corrected chi connectivity index (χ4v) is 2.16. The Balaban J connectivity index is 2.03. The maximum absolute atomic E-state index is 12.2. The number of furan rings is 1. The number of hydrogen-bond donors (Lipinski definition) is 0.